The fraction of sp³-hybridized carbons (Fsp3) is 0.371. The molecule has 0 aliphatic carbocycles. The Hall–Kier alpha value is -5.69. The molecule has 15 nitrogen and oxygen atoms in total. The summed E-state index contributed by atoms with van der Waals surface area (Å²) in [7, 11) is 0. The maximum absolute atomic E-state index is 14.3. The van der Waals surface area contributed by atoms with Gasteiger partial charge in [-0.1, -0.05) is 18.5 Å². The van der Waals surface area contributed by atoms with E-state index >= 15 is 0 Å². The molecule has 5 aromatic rings. The van der Waals surface area contributed by atoms with Crippen LogP contribution in [-0.2, 0) is 30.5 Å². The van der Waals surface area contributed by atoms with Crippen LogP contribution in [0.3, 0.4) is 0 Å². The Balaban J connectivity index is 1.22. The molecule has 2 aliphatic heterocycles. The second-order valence-corrected chi connectivity index (χ2v) is 13.6. The highest BCUT2D eigenvalue weighted by Crippen LogP contribution is 2.34. The lowest BCUT2D eigenvalue weighted by atomic mass is 10.1. The monoisotopic (exact) mass is 783 g/mol. The van der Waals surface area contributed by atoms with E-state index < -0.39 is 41.8 Å². The Morgan fingerprint density at radius 2 is 1.80 bits per heavy atom. The van der Waals surface area contributed by atoms with Gasteiger partial charge in [-0.15, -0.1) is 5.10 Å². The smallest absolute Gasteiger partial charge is 0.416 e. The number of amides is 2. The van der Waals surface area contributed by atoms with Crippen LogP contribution in [0, 0.1) is 6.92 Å². The first-order chi connectivity index (χ1) is 26.2. The third kappa shape index (κ3) is 7.53. The first-order valence-corrected chi connectivity index (χ1v) is 17.6. The third-order valence-electron chi connectivity index (χ3n) is 9.50. The summed E-state index contributed by atoms with van der Waals surface area (Å²) in [5.41, 5.74) is 0.381. The standard InChI is InChI=1S/C35H34ClF4N11O4/c1-3-26-29(48-8-10-49(11-9-48)32(54)28-30(53)19(2)42-18-43-28)33(55)51-34(45-31(46-51)20-4-6-23(41-13-20)16-47-14-22(37)15-47)50(26)17-27(52)44-25-7-5-21(12-24(25)36)35(38,39)40/h4-7,12-13,18,22,53H,3,8-11,14-17H2,1-2H3,(H,44,52). The van der Waals surface area contributed by atoms with Crippen LogP contribution >= 0.6 is 11.6 Å². The minimum absolute atomic E-state index is 0.0244. The summed E-state index contributed by atoms with van der Waals surface area (Å²) in [6.07, 6.45) is -2.50. The predicted molar refractivity (Wildman–Crippen MR) is 192 cm³/mol. The molecule has 288 valence electrons. The van der Waals surface area contributed by atoms with E-state index in [-0.39, 0.29) is 77.7 Å². The Bertz CT molecular complexity index is 2340. The highest BCUT2D eigenvalue weighted by atomic mass is 35.5. The number of fused-ring (bicyclic) bond motifs is 1. The van der Waals surface area contributed by atoms with Crippen LogP contribution in [0.1, 0.15) is 40.1 Å². The van der Waals surface area contributed by atoms with Gasteiger partial charge in [-0.05, 0) is 43.7 Å². The number of halogens is 5. The van der Waals surface area contributed by atoms with Crippen LogP contribution in [0.4, 0.5) is 28.9 Å². The van der Waals surface area contributed by atoms with Gasteiger partial charge in [-0.3, -0.25) is 24.3 Å². The van der Waals surface area contributed by atoms with Gasteiger partial charge in [0, 0.05) is 57.6 Å². The number of rotatable bonds is 9. The van der Waals surface area contributed by atoms with Crippen LogP contribution in [0.5, 0.6) is 5.75 Å². The lowest BCUT2D eigenvalue weighted by molar-refractivity contribution is -0.137. The molecule has 7 rings (SSSR count). The van der Waals surface area contributed by atoms with E-state index in [9.17, 15) is 37.1 Å². The number of pyridine rings is 1. The SMILES string of the molecule is CCc1c(N2CCN(C(=O)c3ncnc(C)c3O)CC2)c(=O)n2nc(-c3ccc(CN4CC(F)C4)nc3)nc2n1CC(=O)Nc1ccc(C(F)(F)F)cc1Cl. The van der Waals surface area contributed by atoms with Crippen molar-refractivity contribution in [3.63, 3.8) is 0 Å². The minimum atomic E-state index is -4.63. The van der Waals surface area contributed by atoms with Crippen LogP contribution in [-0.4, -0.2) is 106 Å². The molecule has 6 heterocycles. The fourth-order valence-electron chi connectivity index (χ4n) is 6.60. The zero-order chi connectivity index (χ0) is 39.2. The van der Waals surface area contributed by atoms with Crippen molar-refractivity contribution in [3.8, 4) is 17.1 Å². The molecule has 0 bridgehead atoms. The zero-order valence-corrected chi connectivity index (χ0v) is 30.3. The molecule has 4 aromatic heterocycles. The first-order valence-electron chi connectivity index (χ1n) is 17.3. The average molecular weight is 784 g/mol. The van der Waals surface area contributed by atoms with Gasteiger partial charge >= 0.3 is 6.18 Å². The predicted octanol–water partition coefficient (Wildman–Crippen LogP) is 3.75. The number of hydrogen-bond donors (Lipinski definition) is 2. The molecule has 1 aromatic carbocycles. The highest BCUT2D eigenvalue weighted by molar-refractivity contribution is 6.33. The number of piperazine rings is 1. The number of benzene rings is 1. The largest absolute Gasteiger partial charge is 0.504 e. The van der Waals surface area contributed by atoms with Crippen LogP contribution < -0.4 is 15.8 Å². The molecular formula is C35H34ClF4N11O4. The van der Waals surface area contributed by atoms with Crippen molar-refractivity contribution >= 4 is 40.6 Å². The molecule has 0 radical (unpaired) electrons. The summed E-state index contributed by atoms with van der Waals surface area (Å²) in [4.78, 5) is 63.3. The highest BCUT2D eigenvalue weighted by Gasteiger charge is 2.33. The Kier molecular flexibility index (Phi) is 10.2. The Labute approximate surface area is 315 Å². The van der Waals surface area contributed by atoms with Crippen molar-refractivity contribution in [3.05, 3.63) is 86.6 Å². The van der Waals surface area contributed by atoms with Crippen LogP contribution in [0.25, 0.3) is 17.2 Å². The Morgan fingerprint density at radius 1 is 1.05 bits per heavy atom. The van der Waals surface area contributed by atoms with Crippen molar-refractivity contribution in [1.82, 2.24) is 43.9 Å². The van der Waals surface area contributed by atoms with Gasteiger partial charge in [0.05, 0.1) is 33.4 Å². The maximum atomic E-state index is 14.3. The quantitative estimate of drug-likeness (QED) is 0.209. The normalized spacial score (nSPS) is 15.4. The molecule has 0 saturated carbocycles. The van der Waals surface area contributed by atoms with Crippen molar-refractivity contribution in [2.24, 2.45) is 0 Å². The molecule has 2 N–H and O–H groups in total. The molecule has 2 aliphatic rings. The van der Waals surface area contributed by atoms with Gasteiger partial charge in [0.25, 0.3) is 11.5 Å². The molecule has 2 fully saturated rings. The van der Waals surface area contributed by atoms with Gasteiger partial charge in [0.1, 0.15) is 24.7 Å². The third-order valence-corrected chi connectivity index (χ3v) is 9.82. The molecule has 0 spiro atoms. The average Bonchev–Trinajstić information content (AvgIpc) is 3.60. The number of aryl methyl sites for hydroxylation is 1. The fourth-order valence-corrected chi connectivity index (χ4v) is 6.83. The lowest BCUT2D eigenvalue weighted by Gasteiger charge is -2.36. The number of hydrogen-bond acceptors (Lipinski definition) is 11. The summed E-state index contributed by atoms with van der Waals surface area (Å²) in [5, 5.41) is 17.2. The molecule has 55 heavy (non-hydrogen) atoms. The first kappa shape index (κ1) is 37.6. The summed E-state index contributed by atoms with van der Waals surface area (Å²) in [6.45, 7) is 4.78. The van der Waals surface area contributed by atoms with Crippen molar-refractivity contribution in [1.29, 1.82) is 0 Å². The van der Waals surface area contributed by atoms with Crippen molar-refractivity contribution < 1.29 is 32.3 Å². The van der Waals surface area contributed by atoms with E-state index in [1.807, 2.05) is 4.90 Å². The second-order valence-electron chi connectivity index (χ2n) is 13.2. The lowest BCUT2D eigenvalue weighted by Crippen LogP contribution is -2.51. The zero-order valence-electron chi connectivity index (χ0n) is 29.5. The number of nitrogens with zero attached hydrogens (tertiary/aromatic N) is 10. The number of nitrogens with one attached hydrogen (secondary N) is 1. The van der Waals surface area contributed by atoms with Gasteiger partial charge in [0.2, 0.25) is 11.7 Å². The number of aromatic hydroxyl groups is 1. The van der Waals surface area contributed by atoms with Crippen LogP contribution in [0.15, 0.2) is 47.7 Å². The number of carbonyl (C=O) groups excluding carboxylic acids is 2. The maximum Gasteiger partial charge on any atom is 0.416 e. The molecule has 0 atom stereocenters. The van der Waals surface area contributed by atoms with E-state index in [4.69, 9.17) is 11.6 Å². The van der Waals surface area contributed by atoms with Gasteiger partial charge < -0.3 is 24.8 Å². The number of aromatic nitrogens is 7. The number of likely N-dealkylation sites (tertiary alicyclic amines) is 1. The summed E-state index contributed by atoms with van der Waals surface area (Å²) in [5.74, 6) is -1.32. The van der Waals surface area contributed by atoms with Crippen molar-refractivity contribution in [2.75, 3.05) is 49.5 Å². The molecular weight excluding hydrogens is 750 g/mol. The van der Waals surface area contributed by atoms with Gasteiger partial charge in [-0.2, -0.15) is 22.7 Å². The number of anilines is 2. The van der Waals surface area contributed by atoms with E-state index in [0.717, 1.165) is 16.6 Å². The topological polar surface area (TPSA) is 167 Å². The Morgan fingerprint density at radius 3 is 2.44 bits per heavy atom. The molecule has 0 unspecified atom stereocenters. The van der Waals surface area contributed by atoms with Crippen LogP contribution in [0.2, 0.25) is 5.02 Å². The van der Waals surface area contributed by atoms with Gasteiger partial charge in [0.15, 0.2) is 17.3 Å². The minimum Gasteiger partial charge on any atom is -0.504 e. The van der Waals surface area contributed by atoms with E-state index in [2.05, 4.69) is 30.4 Å². The molecule has 2 amide bonds. The molecule has 20 heteroatoms. The van der Waals surface area contributed by atoms with E-state index in [0.29, 0.717) is 42.7 Å². The summed E-state index contributed by atoms with van der Waals surface area (Å²) in [6, 6.07) is 6.06. The number of alkyl halides is 4. The number of carbonyl (C=O) groups is 2. The summed E-state index contributed by atoms with van der Waals surface area (Å²) >= 11 is 6.13. The van der Waals surface area contributed by atoms with E-state index in [1.165, 1.54) is 15.8 Å². The summed E-state index contributed by atoms with van der Waals surface area (Å²) < 4.78 is 55.7. The second kappa shape index (κ2) is 14.9. The van der Waals surface area contributed by atoms with Crippen molar-refractivity contribution in [2.45, 2.75) is 45.7 Å². The van der Waals surface area contributed by atoms with Gasteiger partial charge in [-0.25, -0.2) is 14.4 Å². The molecule has 2 saturated heterocycles. The van der Waals surface area contributed by atoms with E-state index in [1.54, 1.807) is 37.1 Å².